The van der Waals surface area contributed by atoms with Crippen molar-refractivity contribution in [3.63, 3.8) is 0 Å². The largest absolute Gasteiger partial charge is 0.379 e. The fourth-order valence-corrected chi connectivity index (χ4v) is 1.69. The summed E-state index contributed by atoms with van der Waals surface area (Å²) in [6.07, 6.45) is 2.57. The van der Waals surface area contributed by atoms with E-state index in [1.165, 1.54) is 0 Å². The monoisotopic (exact) mass is 203 g/mol. The third-order valence-corrected chi connectivity index (χ3v) is 2.57. The molecule has 15 heavy (non-hydrogen) atoms. The van der Waals surface area contributed by atoms with Crippen LogP contribution in [0.5, 0.6) is 0 Å². The average molecular weight is 203 g/mol. The molecule has 1 unspecified atom stereocenters. The van der Waals surface area contributed by atoms with Crippen LogP contribution in [0.2, 0.25) is 0 Å². The first-order chi connectivity index (χ1) is 7.23. The van der Waals surface area contributed by atoms with Gasteiger partial charge in [0.15, 0.2) is 5.69 Å². The highest BCUT2D eigenvalue weighted by Crippen LogP contribution is 2.24. The predicted octanol–water partition coefficient (Wildman–Crippen LogP) is 1.54. The Morgan fingerprint density at radius 2 is 2.53 bits per heavy atom. The van der Waals surface area contributed by atoms with Crippen LogP contribution >= 0.6 is 0 Å². The van der Waals surface area contributed by atoms with Crippen molar-refractivity contribution in [2.24, 2.45) is 0 Å². The number of hydrogen-bond donors (Lipinski definition) is 1. The topological polar surface area (TPSA) is 57.9 Å². The number of pyridine rings is 1. The summed E-state index contributed by atoms with van der Waals surface area (Å²) in [6, 6.07) is 5.76. The van der Waals surface area contributed by atoms with Gasteiger partial charge in [-0.15, -0.1) is 0 Å². The van der Waals surface area contributed by atoms with Gasteiger partial charge in [-0.25, -0.2) is 4.98 Å². The zero-order valence-electron chi connectivity index (χ0n) is 8.66. The van der Waals surface area contributed by atoms with Gasteiger partial charge in [0, 0.05) is 12.8 Å². The number of rotatable bonds is 2. The zero-order valence-corrected chi connectivity index (χ0v) is 8.66. The SMILES string of the molecule is CC1(Nc2cccnc2C#N)CCOC1. The van der Waals surface area contributed by atoms with E-state index in [0.29, 0.717) is 12.3 Å². The summed E-state index contributed by atoms with van der Waals surface area (Å²) in [5.74, 6) is 0. The Labute approximate surface area is 88.9 Å². The summed E-state index contributed by atoms with van der Waals surface area (Å²) in [7, 11) is 0. The van der Waals surface area contributed by atoms with Crippen molar-refractivity contribution in [3.05, 3.63) is 24.0 Å². The molecule has 1 aromatic heterocycles. The van der Waals surface area contributed by atoms with Gasteiger partial charge in [-0.2, -0.15) is 5.26 Å². The van der Waals surface area contributed by atoms with E-state index < -0.39 is 0 Å². The highest BCUT2D eigenvalue weighted by molar-refractivity contribution is 5.54. The maximum absolute atomic E-state index is 8.89. The normalized spacial score (nSPS) is 24.8. The molecule has 78 valence electrons. The Balaban J connectivity index is 2.20. The summed E-state index contributed by atoms with van der Waals surface area (Å²) < 4.78 is 5.34. The van der Waals surface area contributed by atoms with Crippen LogP contribution in [0.15, 0.2) is 18.3 Å². The summed E-state index contributed by atoms with van der Waals surface area (Å²) in [6.45, 7) is 3.53. The lowest BCUT2D eigenvalue weighted by atomic mass is 10.0. The number of aromatic nitrogens is 1. The van der Waals surface area contributed by atoms with E-state index in [-0.39, 0.29) is 5.54 Å². The Bertz CT molecular complexity index is 391. The number of anilines is 1. The fourth-order valence-electron chi connectivity index (χ4n) is 1.69. The number of ether oxygens (including phenoxy) is 1. The van der Waals surface area contributed by atoms with Crippen molar-refractivity contribution in [2.45, 2.75) is 18.9 Å². The van der Waals surface area contributed by atoms with Crippen LogP contribution in [0.1, 0.15) is 19.0 Å². The molecule has 4 nitrogen and oxygen atoms in total. The molecule has 1 N–H and O–H groups in total. The number of nitriles is 1. The highest BCUT2D eigenvalue weighted by atomic mass is 16.5. The second-order valence-corrected chi connectivity index (χ2v) is 4.00. The summed E-state index contributed by atoms with van der Waals surface area (Å²) in [5.41, 5.74) is 1.15. The van der Waals surface area contributed by atoms with Crippen LogP contribution in [0.4, 0.5) is 5.69 Å². The van der Waals surface area contributed by atoms with Crippen LogP contribution in [0.3, 0.4) is 0 Å². The fraction of sp³-hybridized carbons (Fsp3) is 0.455. The molecule has 0 aromatic carbocycles. The van der Waals surface area contributed by atoms with Gasteiger partial charge in [-0.1, -0.05) is 0 Å². The van der Waals surface area contributed by atoms with Crippen molar-refractivity contribution in [3.8, 4) is 6.07 Å². The molecule has 2 rings (SSSR count). The molecule has 1 aromatic rings. The van der Waals surface area contributed by atoms with Crippen LogP contribution in [-0.4, -0.2) is 23.7 Å². The molecular weight excluding hydrogens is 190 g/mol. The van der Waals surface area contributed by atoms with E-state index in [1.54, 1.807) is 6.20 Å². The molecule has 0 saturated carbocycles. The molecule has 1 aliphatic heterocycles. The molecule has 1 aliphatic rings. The smallest absolute Gasteiger partial charge is 0.163 e. The molecule has 0 bridgehead atoms. The first kappa shape index (κ1) is 9.94. The maximum atomic E-state index is 8.89. The lowest BCUT2D eigenvalue weighted by molar-refractivity contribution is 0.185. The van der Waals surface area contributed by atoms with Crippen molar-refractivity contribution in [2.75, 3.05) is 18.5 Å². The maximum Gasteiger partial charge on any atom is 0.163 e. The van der Waals surface area contributed by atoms with E-state index >= 15 is 0 Å². The van der Waals surface area contributed by atoms with E-state index in [2.05, 4.69) is 23.3 Å². The quantitative estimate of drug-likeness (QED) is 0.792. The van der Waals surface area contributed by atoms with E-state index in [4.69, 9.17) is 10.00 Å². The van der Waals surface area contributed by atoms with Crippen LogP contribution in [0.25, 0.3) is 0 Å². The van der Waals surface area contributed by atoms with Crippen molar-refractivity contribution < 1.29 is 4.74 Å². The minimum atomic E-state index is -0.0748. The Hall–Kier alpha value is -1.60. The summed E-state index contributed by atoms with van der Waals surface area (Å²) in [4.78, 5) is 4.01. The van der Waals surface area contributed by atoms with Crippen LogP contribution < -0.4 is 5.32 Å². The van der Waals surface area contributed by atoms with Gasteiger partial charge >= 0.3 is 0 Å². The van der Waals surface area contributed by atoms with Gasteiger partial charge < -0.3 is 10.1 Å². The minimum absolute atomic E-state index is 0.0748. The van der Waals surface area contributed by atoms with Gasteiger partial charge in [0.25, 0.3) is 0 Å². The molecule has 1 atom stereocenters. The van der Waals surface area contributed by atoms with Crippen LogP contribution in [-0.2, 0) is 4.74 Å². The van der Waals surface area contributed by atoms with Gasteiger partial charge in [0.1, 0.15) is 6.07 Å². The molecule has 1 saturated heterocycles. The second kappa shape index (κ2) is 3.87. The predicted molar refractivity (Wildman–Crippen MR) is 56.4 cm³/mol. The molecule has 0 aliphatic carbocycles. The Morgan fingerprint density at radius 3 is 3.20 bits per heavy atom. The molecule has 4 heteroatoms. The lowest BCUT2D eigenvalue weighted by Gasteiger charge is -2.25. The molecular formula is C11H13N3O. The third-order valence-electron chi connectivity index (χ3n) is 2.57. The van der Waals surface area contributed by atoms with Crippen molar-refractivity contribution in [1.29, 1.82) is 5.26 Å². The van der Waals surface area contributed by atoms with E-state index in [9.17, 15) is 0 Å². The minimum Gasteiger partial charge on any atom is -0.379 e. The van der Waals surface area contributed by atoms with Gasteiger partial charge in [-0.05, 0) is 25.5 Å². The Kier molecular flexibility index (Phi) is 2.57. The molecule has 0 amide bonds. The zero-order chi connectivity index (χ0) is 10.7. The number of nitrogens with one attached hydrogen (secondary N) is 1. The summed E-state index contributed by atoms with van der Waals surface area (Å²) >= 11 is 0. The number of nitrogens with zero attached hydrogens (tertiary/aromatic N) is 2. The number of hydrogen-bond acceptors (Lipinski definition) is 4. The standard InChI is InChI=1S/C11H13N3O/c1-11(4-6-15-8-11)14-9-3-2-5-13-10(9)7-12/h2-3,5,14H,4,6,8H2,1H3. The van der Waals surface area contributed by atoms with Crippen LogP contribution in [0, 0.1) is 11.3 Å². The van der Waals surface area contributed by atoms with Crippen molar-refractivity contribution in [1.82, 2.24) is 4.98 Å². The molecule has 0 radical (unpaired) electrons. The Morgan fingerprint density at radius 1 is 1.67 bits per heavy atom. The first-order valence-electron chi connectivity index (χ1n) is 4.95. The van der Waals surface area contributed by atoms with Gasteiger partial charge in [0.2, 0.25) is 0 Å². The van der Waals surface area contributed by atoms with E-state index in [1.807, 2.05) is 12.1 Å². The first-order valence-corrected chi connectivity index (χ1v) is 4.95. The lowest BCUT2D eigenvalue weighted by Crippen LogP contribution is -2.35. The average Bonchev–Trinajstić information content (AvgIpc) is 2.66. The van der Waals surface area contributed by atoms with Gasteiger partial charge in [-0.3, -0.25) is 0 Å². The summed E-state index contributed by atoms with van der Waals surface area (Å²) in [5, 5.41) is 12.2. The molecule has 0 spiro atoms. The van der Waals surface area contributed by atoms with E-state index in [0.717, 1.165) is 18.7 Å². The van der Waals surface area contributed by atoms with Crippen molar-refractivity contribution >= 4 is 5.69 Å². The molecule has 1 fully saturated rings. The van der Waals surface area contributed by atoms with Gasteiger partial charge in [0.05, 0.1) is 17.8 Å². The third kappa shape index (κ3) is 2.08. The molecule has 2 heterocycles. The highest BCUT2D eigenvalue weighted by Gasteiger charge is 2.30. The second-order valence-electron chi connectivity index (χ2n) is 4.00.